The third kappa shape index (κ3) is 3.76. The molecule has 3 rings (SSSR count). The van der Waals surface area contributed by atoms with Gasteiger partial charge in [-0.15, -0.1) is 0 Å². The summed E-state index contributed by atoms with van der Waals surface area (Å²) in [5.41, 5.74) is 2.62. The van der Waals surface area contributed by atoms with Crippen LogP contribution in [0.25, 0.3) is 0 Å². The highest BCUT2D eigenvalue weighted by Gasteiger charge is 2.22. The summed E-state index contributed by atoms with van der Waals surface area (Å²) in [4.78, 5) is 18.0. The summed E-state index contributed by atoms with van der Waals surface area (Å²) in [7, 11) is 0. The normalized spacial score (nSPS) is 15.7. The maximum absolute atomic E-state index is 13.8. The molecular formula is C19H21FN2O. The number of pyridine rings is 1. The molecule has 1 aliphatic rings. The van der Waals surface area contributed by atoms with Gasteiger partial charge in [-0.1, -0.05) is 24.3 Å². The Morgan fingerprint density at radius 2 is 1.91 bits per heavy atom. The van der Waals surface area contributed by atoms with Crippen LogP contribution in [0, 0.1) is 5.82 Å². The zero-order valence-electron chi connectivity index (χ0n) is 13.3. The fraction of sp³-hybridized carbons (Fsp3) is 0.368. The summed E-state index contributed by atoms with van der Waals surface area (Å²) in [5.74, 6) is 0.338. The summed E-state index contributed by atoms with van der Waals surface area (Å²) in [6.07, 6.45) is 2.39. The first-order valence-electron chi connectivity index (χ1n) is 8.08. The molecule has 2 aromatic rings. The van der Waals surface area contributed by atoms with Crippen LogP contribution in [-0.4, -0.2) is 28.9 Å². The standard InChI is InChI=1S/C19H21FN2O/c1-14(23)22-11-9-15(10-12-22)19-8-4-6-17(21-19)13-16-5-2-3-7-18(16)20/h2-8,15H,9-13H2,1H3. The van der Waals surface area contributed by atoms with Crippen molar-refractivity contribution in [2.75, 3.05) is 13.1 Å². The van der Waals surface area contributed by atoms with Crippen molar-refractivity contribution in [3.8, 4) is 0 Å². The second kappa shape index (κ2) is 6.90. The maximum Gasteiger partial charge on any atom is 0.219 e. The molecule has 0 atom stereocenters. The van der Waals surface area contributed by atoms with Crippen molar-refractivity contribution in [3.63, 3.8) is 0 Å². The van der Waals surface area contributed by atoms with Gasteiger partial charge in [-0.25, -0.2) is 4.39 Å². The number of amides is 1. The highest BCUT2D eigenvalue weighted by atomic mass is 19.1. The number of aromatic nitrogens is 1. The van der Waals surface area contributed by atoms with Gasteiger partial charge >= 0.3 is 0 Å². The minimum Gasteiger partial charge on any atom is -0.343 e. The Hall–Kier alpha value is -2.23. The second-order valence-electron chi connectivity index (χ2n) is 6.10. The lowest BCUT2D eigenvalue weighted by Crippen LogP contribution is -2.36. The molecule has 2 heterocycles. The predicted octanol–water partition coefficient (Wildman–Crippen LogP) is 3.54. The summed E-state index contributed by atoms with van der Waals surface area (Å²) < 4.78 is 13.8. The van der Waals surface area contributed by atoms with Crippen molar-refractivity contribution in [3.05, 3.63) is 65.2 Å². The van der Waals surface area contributed by atoms with Crippen molar-refractivity contribution in [2.45, 2.75) is 32.1 Å². The van der Waals surface area contributed by atoms with Crippen molar-refractivity contribution in [1.29, 1.82) is 0 Å². The summed E-state index contributed by atoms with van der Waals surface area (Å²) >= 11 is 0. The molecule has 0 spiro atoms. The van der Waals surface area contributed by atoms with Crippen LogP contribution in [0.2, 0.25) is 0 Å². The van der Waals surface area contributed by atoms with Gasteiger partial charge in [0.15, 0.2) is 0 Å². The van der Waals surface area contributed by atoms with E-state index in [0.717, 1.165) is 37.3 Å². The fourth-order valence-electron chi connectivity index (χ4n) is 3.15. The highest BCUT2D eigenvalue weighted by molar-refractivity contribution is 5.73. The Bertz CT molecular complexity index is 693. The zero-order chi connectivity index (χ0) is 16.2. The van der Waals surface area contributed by atoms with E-state index in [1.807, 2.05) is 29.2 Å². The largest absolute Gasteiger partial charge is 0.343 e. The fourth-order valence-corrected chi connectivity index (χ4v) is 3.15. The van der Waals surface area contributed by atoms with E-state index in [-0.39, 0.29) is 11.7 Å². The molecule has 0 radical (unpaired) electrons. The summed E-state index contributed by atoms with van der Waals surface area (Å²) in [5, 5.41) is 0. The third-order valence-electron chi connectivity index (χ3n) is 4.52. The van der Waals surface area contributed by atoms with Crippen molar-refractivity contribution in [2.24, 2.45) is 0 Å². The number of hydrogen-bond acceptors (Lipinski definition) is 2. The van der Waals surface area contributed by atoms with E-state index in [9.17, 15) is 9.18 Å². The van der Waals surface area contributed by atoms with Crippen LogP contribution >= 0.6 is 0 Å². The molecule has 0 saturated carbocycles. The molecule has 0 unspecified atom stereocenters. The molecule has 1 aromatic heterocycles. The molecule has 1 amide bonds. The second-order valence-corrected chi connectivity index (χ2v) is 6.10. The number of benzene rings is 1. The smallest absolute Gasteiger partial charge is 0.219 e. The van der Waals surface area contributed by atoms with Gasteiger partial charge in [-0.3, -0.25) is 9.78 Å². The summed E-state index contributed by atoms with van der Waals surface area (Å²) in [6.45, 7) is 3.20. The Morgan fingerprint density at radius 1 is 1.17 bits per heavy atom. The number of carbonyl (C=O) groups is 1. The Balaban J connectivity index is 1.71. The van der Waals surface area contributed by atoms with Gasteiger partial charge in [0, 0.05) is 43.7 Å². The molecule has 1 saturated heterocycles. The summed E-state index contributed by atoms with van der Waals surface area (Å²) in [6, 6.07) is 12.8. The lowest BCUT2D eigenvalue weighted by atomic mass is 9.92. The molecule has 1 aliphatic heterocycles. The molecule has 0 N–H and O–H groups in total. The Morgan fingerprint density at radius 3 is 2.61 bits per heavy atom. The van der Waals surface area contributed by atoms with E-state index >= 15 is 0 Å². The zero-order valence-corrected chi connectivity index (χ0v) is 13.3. The highest BCUT2D eigenvalue weighted by Crippen LogP contribution is 2.27. The van der Waals surface area contributed by atoms with Crippen LogP contribution < -0.4 is 0 Å². The van der Waals surface area contributed by atoms with Crippen LogP contribution in [-0.2, 0) is 11.2 Å². The molecule has 3 nitrogen and oxygen atoms in total. The van der Waals surface area contributed by atoms with E-state index in [1.54, 1.807) is 19.1 Å². The van der Waals surface area contributed by atoms with Gasteiger partial charge in [0.05, 0.1) is 0 Å². The lowest BCUT2D eigenvalue weighted by Gasteiger charge is -2.31. The lowest BCUT2D eigenvalue weighted by molar-refractivity contribution is -0.129. The van der Waals surface area contributed by atoms with Gasteiger partial charge in [0.2, 0.25) is 5.91 Å². The van der Waals surface area contributed by atoms with E-state index < -0.39 is 0 Å². The number of carbonyl (C=O) groups excluding carboxylic acids is 1. The van der Waals surface area contributed by atoms with Crippen molar-refractivity contribution >= 4 is 5.91 Å². The topological polar surface area (TPSA) is 33.2 Å². The van der Waals surface area contributed by atoms with Crippen LogP contribution in [0.4, 0.5) is 4.39 Å². The molecule has 120 valence electrons. The first-order valence-corrected chi connectivity index (χ1v) is 8.08. The molecule has 23 heavy (non-hydrogen) atoms. The van der Waals surface area contributed by atoms with Gasteiger partial charge in [-0.05, 0) is 36.6 Å². The molecule has 0 bridgehead atoms. The van der Waals surface area contributed by atoms with E-state index in [0.29, 0.717) is 17.9 Å². The quantitative estimate of drug-likeness (QED) is 0.868. The number of likely N-dealkylation sites (tertiary alicyclic amines) is 1. The number of rotatable bonds is 3. The number of halogens is 1. The van der Waals surface area contributed by atoms with E-state index in [2.05, 4.69) is 0 Å². The SMILES string of the molecule is CC(=O)N1CCC(c2cccc(Cc3ccccc3F)n2)CC1. The number of piperidine rings is 1. The van der Waals surface area contributed by atoms with Crippen molar-refractivity contribution < 1.29 is 9.18 Å². The average Bonchev–Trinajstić information content (AvgIpc) is 2.57. The molecular weight excluding hydrogens is 291 g/mol. The minimum absolute atomic E-state index is 0.143. The first kappa shape index (κ1) is 15.7. The Kier molecular flexibility index (Phi) is 4.70. The van der Waals surface area contributed by atoms with Crippen LogP contribution in [0.3, 0.4) is 0 Å². The monoisotopic (exact) mass is 312 g/mol. The van der Waals surface area contributed by atoms with E-state index in [1.165, 1.54) is 6.07 Å². The first-order chi connectivity index (χ1) is 11.1. The van der Waals surface area contributed by atoms with Gasteiger partial charge < -0.3 is 4.90 Å². The molecule has 4 heteroatoms. The maximum atomic E-state index is 13.8. The Labute approximate surface area is 136 Å². The average molecular weight is 312 g/mol. The molecule has 1 aromatic carbocycles. The van der Waals surface area contributed by atoms with Gasteiger partial charge in [0.1, 0.15) is 5.82 Å². The van der Waals surface area contributed by atoms with Crippen LogP contribution in [0.1, 0.15) is 42.6 Å². The molecule has 1 fully saturated rings. The predicted molar refractivity (Wildman–Crippen MR) is 87.7 cm³/mol. The van der Waals surface area contributed by atoms with Crippen LogP contribution in [0.5, 0.6) is 0 Å². The van der Waals surface area contributed by atoms with Crippen LogP contribution in [0.15, 0.2) is 42.5 Å². The van der Waals surface area contributed by atoms with E-state index in [4.69, 9.17) is 4.98 Å². The third-order valence-corrected chi connectivity index (χ3v) is 4.52. The number of hydrogen-bond donors (Lipinski definition) is 0. The van der Waals surface area contributed by atoms with Gasteiger partial charge in [-0.2, -0.15) is 0 Å². The minimum atomic E-state index is -0.186. The number of nitrogens with zero attached hydrogens (tertiary/aromatic N) is 2. The van der Waals surface area contributed by atoms with Gasteiger partial charge in [0.25, 0.3) is 0 Å². The van der Waals surface area contributed by atoms with Crippen molar-refractivity contribution in [1.82, 2.24) is 9.88 Å². The molecule has 0 aliphatic carbocycles.